The second kappa shape index (κ2) is 6.38. The van der Waals surface area contributed by atoms with Crippen LogP contribution in [-0.2, 0) is 0 Å². The van der Waals surface area contributed by atoms with E-state index in [2.05, 4.69) is 36.8 Å². The molecule has 0 spiro atoms. The normalized spacial score (nSPS) is 9.45. The van der Waals surface area contributed by atoms with Gasteiger partial charge in [0.25, 0.3) is 0 Å². The maximum absolute atomic E-state index is 4.15. The van der Waals surface area contributed by atoms with Gasteiger partial charge in [0.15, 0.2) is 0 Å². The van der Waals surface area contributed by atoms with Crippen LogP contribution in [0, 0.1) is 0 Å². The summed E-state index contributed by atoms with van der Waals surface area (Å²) < 4.78 is 0. The third-order valence-electron chi connectivity index (χ3n) is 1.45. The topological polar surface area (TPSA) is 24.7 Å². The summed E-state index contributed by atoms with van der Waals surface area (Å²) in [6.07, 6.45) is 1.03. The van der Waals surface area contributed by atoms with Gasteiger partial charge in [-0.15, -0.1) is 12.4 Å². The fourth-order valence-electron chi connectivity index (χ4n) is 0.320. The van der Waals surface area contributed by atoms with Crippen molar-refractivity contribution < 1.29 is 0 Å². The third-order valence-corrected chi connectivity index (χ3v) is 1.45. The van der Waals surface area contributed by atoms with E-state index in [1.807, 2.05) is 6.92 Å². The summed E-state index contributed by atoms with van der Waals surface area (Å²) >= 11 is 0. The zero-order valence-corrected chi connectivity index (χ0v) is 8.53. The summed E-state index contributed by atoms with van der Waals surface area (Å²) in [6, 6.07) is 2.68. The molecule has 0 aromatic carbocycles. The van der Waals surface area contributed by atoms with Gasteiger partial charge >= 0.3 is 0 Å². The third kappa shape index (κ3) is 7.57. The highest BCUT2D eigenvalue weighted by atomic mass is 35.5. The van der Waals surface area contributed by atoms with Gasteiger partial charge in [-0.25, -0.2) is 9.98 Å². The summed E-state index contributed by atoms with van der Waals surface area (Å²) in [5, 5.41) is 0. The summed E-state index contributed by atoms with van der Waals surface area (Å²) in [4.78, 5) is 8.04. The van der Waals surface area contributed by atoms with Crippen LogP contribution in [0.25, 0.3) is 0 Å². The summed E-state index contributed by atoms with van der Waals surface area (Å²) in [6.45, 7) is 9.00. The first-order valence-electron chi connectivity index (χ1n) is 3.75. The highest BCUT2D eigenvalue weighted by molar-refractivity contribution is 5.85. The molecule has 0 unspecified atom stereocenters. The van der Waals surface area contributed by atoms with E-state index in [-0.39, 0.29) is 17.9 Å². The van der Waals surface area contributed by atoms with Crippen LogP contribution in [0.15, 0.2) is 9.98 Å². The van der Waals surface area contributed by atoms with Gasteiger partial charge in [-0.3, -0.25) is 0 Å². The Hall–Kier alpha value is -0.330. The maximum atomic E-state index is 4.15. The lowest BCUT2D eigenvalue weighted by Crippen LogP contribution is -2.13. The van der Waals surface area contributed by atoms with Gasteiger partial charge in [0.2, 0.25) is 0 Å². The lowest BCUT2D eigenvalue weighted by Gasteiger charge is -2.12. The van der Waals surface area contributed by atoms with Crippen LogP contribution in [0.4, 0.5) is 0 Å². The molecule has 66 valence electrons. The molecular formula is C8H17ClN2. The van der Waals surface area contributed by atoms with Crippen LogP contribution in [0.3, 0.4) is 0 Å². The van der Waals surface area contributed by atoms with Crippen molar-refractivity contribution in [2.24, 2.45) is 9.98 Å². The molecule has 0 amide bonds. The summed E-state index contributed by atoms with van der Waals surface area (Å²) in [5.74, 6) is 0. The minimum atomic E-state index is 0. The van der Waals surface area contributed by atoms with Crippen LogP contribution in [0.2, 0.25) is 0 Å². The Morgan fingerprint density at radius 1 is 1.27 bits per heavy atom. The molecule has 0 fully saturated rings. The molecule has 0 rings (SSSR count). The number of hydrogen-bond acceptors (Lipinski definition) is 2. The molecule has 0 bridgehead atoms. The lowest BCUT2D eigenvalue weighted by molar-refractivity contribution is 0.507. The van der Waals surface area contributed by atoms with Gasteiger partial charge in [-0.05, 0) is 27.2 Å². The number of rotatable bonds is 3. The Labute approximate surface area is 75.2 Å². The van der Waals surface area contributed by atoms with Crippen LogP contribution in [0.5, 0.6) is 0 Å². The van der Waals surface area contributed by atoms with E-state index < -0.39 is 0 Å². The second-order valence-corrected chi connectivity index (χ2v) is 2.85. The molecule has 3 heteroatoms. The van der Waals surface area contributed by atoms with Crippen LogP contribution < -0.4 is 0 Å². The van der Waals surface area contributed by atoms with E-state index in [9.17, 15) is 0 Å². The van der Waals surface area contributed by atoms with Gasteiger partial charge < -0.3 is 0 Å². The molecule has 0 radical (unpaired) electrons. The van der Waals surface area contributed by atoms with Gasteiger partial charge in [0, 0.05) is 6.54 Å². The van der Waals surface area contributed by atoms with Gasteiger partial charge in [0.1, 0.15) is 0 Å². The predicted molar refractivity (Wildman–Crippen MR) is 52.0 cm³/mol. The molecule has 0 aliphatic heterocycles. The van der Waals surface area contributed by atoms with Crippen molar-refractivity contribution in [2.75, 3.05) is 6.54 Å². The zero-order valence-electron chi connectivity index (χ0n) is 7.72. The number of nitrogens with zero attached hydrogens (tertiary/aromatic N) is 2. The smallest absolute Gasteiger partial charge is 0.0898 e. The lowest BCUT2D eigenvalue weighted by atomic mass is 10.0. The average molecular weight is 177 g/mol. The quantitative estimate of drug-likeness (QED) is 0.591. The molecule has 0 saturated carbocycles. The van der Waals surface area contributed by atoms with Crippen molar-refractivity contribution in [1.29, 1.82) is 0 Å². The van der Waals surface area contributed by atoms with Crippen molar-refractivity contribution >= 4 is 18.4 Å². The number of halogens is 1. The van der Waals surface area contributed by atoms with Gasteiger partial charge in [-0.2, -0.15) is 0 Å². The Kier molecular flexibility index (Phi) is 7.70. The molecule has 11 heavy (non-hydrogen) atoms. The Morgan fingerprint density at radius 2 is 1.82 bits per heavy atom. The monoisotopic (exact) mass is 176 g/mol. The maximum Gasteiger partial charge on any atom is 0.0898 e. The van der Waals surface area contributed by atoms with Crippen molar-refractivity contribution in [3.8, 4) is 0 Å². The van der Waals surface area contributed by atoms with E-state index in [1.54, 1.807) is 0 Å². The molecule has 0 aromatic rings. The van der Waals surface area contributed by atoms with Gasteiger partial charge in [-0.1, -0.05) is 6.92 Å². The fourth-order valence-corrected chi connectivity index (χ4v) is 0.320. The van der Waals surface area contributed by atoms with E-state index in [4.69, 9.17) is 0 Å². The molecule has 0 aliphatic carbocycles. The van der Waals surface area contributed by atoms with Crippen molar-refractivity contribution in [2.45, 2.75) is 39.7 Å². The molecule has 2 nitrogen and oxygen atoms in total. The molecule has 0 aromatic heterocycles. The largest absolute Gasteiger partial charge is 0.226 e. The summed E-state index contributed by atoms with van der Waals surface area (Å²) in [5.41, 5.74) is 0.0126. The Morgan fingerprint density at radius 3 is 2.18 bits per heavy atom. The minimum Gasteiger partial charge on any atom is -0.226 e. The standard InChI is InChI=1S/C8H16N2.ClH/c1-5-8(3,4)10-7-9-6-2;/h5-6H2,1-4H3;1H. The molecule has 0 saturated heterocycles. The number of aliphatic imine (C=N–C) groups is 2. The molecule has 0 aliphatic rings. The SMILES string of the molecule is CCN=C=NC(C)(C)CC.Cl. The first-order valence-corrected chi connectivity index (χ1v) is 3.75. The molecule has 0 N–H and O–H groups in total. The first kappa shape index (κ1) is 13.3. The van der Waals surface area contributed by atoms with E-state index in [0.29, 0.717) is 0 Å². The first-order chi connectivity index (χ1) is 4.62. The highest BCUT2D eigenvalue weighted by Crippen LogP contribution is 2.11. The van der Waals surface area contributed by atoms with E-state index >= 15 is 0 Å². The predicted octanol–water partition coefficient (Wildman–Crippen LogP) is 2.79. The second-order valence-electron chi connectivity index (χ2n) is 2.85. The highest BCUT2D eigenvalue weighted by Gasteiger charge is 2.10. The van der Waals surface area contributed by atoms with Crippen LogP contribution in [-0.4, -0.2) is 18.1 Å². The Balaban J connectivity index is 0. The van der Waals surface area contributed by atoms with Crippen molar-refractivity contribution in [1.82, 2.24) is 0 Å². The fraction of sp³-hybridized carbons (Fsp3) is 0.875. The van der Waals surface area contributed by atoms with E-state index in [1.165, 1.54) is 0 Å². The molecule has 0 atom stereocenters. The van der Waals surface area contributed by atoms with Gasteiger partial charge in [0.05, 0.1) is 11.5 Å². The average Bonchev–Trinajstić information content (AvgIpc) is 1.89. The number of hydrogen-bond donors (Lipinski definition) is 0. The van der Waals surface area contributed by atoms with Crippen molar-refractivity contribution in [3.05, 3.63) is 0 Å². The van der Waals surface area contributed by atoms with Crippen LogP contribution in [0.1, 0.15) is 34.1 Å². The zero-order chi connectivity index (χ0) is 8.04. The van der Waals surface area contributed by atoms with Crippen molar-refractivity contribution in [3.63, 3.8) is 0 Å². The minimum absolute atomic E-state index is 0. The Bertz CT molecular complexity index is 146. The van der Waals surface area contributed by atoms with E-state index in [0.717, 1.165) is 13.0 Å². The molecular weight excluding hydrogens is 160 g/mol. The molecule has 0 heterocycles. The summed E-state index contributed by atoms with van der Waals surface area (Å²) in [7, 11) is 0. The van der Waals surface area contributed by atoms with Crippen LogP contribution >= 0.6 is 12.4 Å².